The molecule has 1 aliphatic heterocycles. The maximum Gasteiger partial charge on any atom is 0.270 e. The molecule has 1 atom stereocenters. The lowest BCUT2D eigenvalue weighted by Gasteiger charge is -2.19. The molecule has 0 bridgehead atoms. The van der Waals surface area contributed by atoms with Crippen molar-refractivity contribution in [1.29, 1.82) is 0 Å². The molecule has 196 valence electrons. The molecule has 1 unspecified atom stereocenters. The zero-order chi connectivity index (χ0) is 27.5. The molecule has 0 radical (unpaired) electrons. The van der Waals surface area contributed by atoms with E-state index in [1.54, 1.807) is 65.7 Å². The number of carbonyl (C=O) groups is 1. The summed E-state index contributed by atoms with van der Waals surface area (Å²) in [6, 6.07) is 24.6. The standard InChI is InChI=1S/C31H21F2N5O2/c32-24-11-6-21(7-12-24)8-15-28(39)38-31(40-30(36-38)23-16-18-34-19-17-23)27-20-37(26-4-2-1-3-5-26)35-29(27)22-9-13-25(33)14-10-22/h1-20,31H/b15-8+. The molecule has 0 spiro atoms. The number of hydrazone groups is 1. The molecule has 7 nitrogen and oxygen atoms in total. The molecule has 0 aliphatic carbocycles. The minimum atomic E-state index is -0.981. The zero-order valence-electron chi connectivity index (χ0n) is 20.9. The number of nitrogens with zero attached hydrogens (tertiary/aromatic N) is 5. The molecule has 0 saturated carbocycles. The van der Waals surface area contributed by atoms with Crippen molar-refractivity contribution in [2.75, 3.05) is 0 Å². The van der Waals surface area contributed by atoms with Gasteiger partial charge in [-0.25, -0.2) is 13.5 Å². The van der Waals surface area contributed by atoms with Crippen molar-refractivity contribution in [3.63, 3.8) is 0 Å². The second kappa shape index (κ2) is 10.7. The number of para-hydroxylation sites is 1. The molecule has 3 heterocycles. The molecule has 0 saturated heterocycles. The first kappa shape index (κ1) is 24.9. The van der Waals surface area contributed by atoms with E-state index in [2.05, 4.69) is 10.1 Å². The minimum Gasteiger partial charge on any atom is -0.445 e. The van der Waals surface area contributed by atoms with Crippen LogP contribution in [0.2, 0.25) is 0 Å². The van der Waals surface area contributed by atoms with E-state index in [1.165, 1.54) is 35.4 Å². The summed E-state index contributed by atoms with van der Waals surface area (Å²) in [6.07, 6.45) is 6.92. The number of ether oxygens (including phenoxy) is 1. The third kappa shape index (κ3) is 5.12. The summed E-state index contributed by atoms with van der Waals surface area (Å²) in [5.41, 5.74) is 3.76. The molecule has 1 aliphatic rings. The Kier molecular flexibility index (Phi) is 6.68. The van der Waals surface area contributed by atoms with Crippen molar-refractivity contribution in [1.82, 2.24) is 19.8 Å². The van der Waals surface area contributed by atoms with E-state index in [0.29, 0.717) is 27.9 Å². The Bertz CT molecular complexity index is 1700. The number of rotatable bonds is 6. The van der Waals surface area contributed by atoms with Crippen molar-refractivity contribution in [2.24, 2.45) is 5.10 Å². The summed E-state index contributed by atoms with van der Waals surface area (Å²) in [6.45, 7) is 0. The van der Waals surface area contributed by atoms with Gasteiger partial charge in [-0.15, -0.1) is 5.10 Å². The van der Waals surface area contributed by atoms with Crippen LogP contribution in [0, 0.1) is 11.6 Å². The van der Waals surface area contributed by atoms with Crippen LogP contribution in [0.15, 0.2) is 121 Å². The van der Waals surface area contributed by atoms with Crippen LogP contribution in [0.25, 0.3) is 23.0 Å². The van der Waals surface area contributed by atoms with Crippen LogP contribution in [0.3, 0.4) is 0 Å². The van der Waals surface area contributed by atoms with Gasteiger partial charge >= 0.3 is 0 Å². The number of hydrogen-bond acceptors (Lipinski definition) is 5. The lowest BCUT2D eigenvalue weighted by atomic mass is 10.1. The van der Waals surface area contributed by atoms with Gasteiger partial charge in [0.1, 0.15) is 17.3 Å². The highest BCUT2D eigenvalue weighted by Gasteiger charge is 2.37. The van der Waals surface area contributed by atoms with Crippen LogP contribution in [-0.4, -0.2) is 31.6 Å². The summed E-state index contributed by atoms with van der Waals surface area (Å²) < 4.78 is 35.1. The third-order valence-electron chi connectivity index (χ3n) is 6.23. The highest BCUT2D eigenvalue weighted by molar-refractivity contribution is 5.99. The van der Waals surface area contributed by atoms with E-state index in [9.17, 15) is 13.6 Å². The van der Waals surface area contributed by atoms with E-state index in [4.69, 9.17) is 9.84 Å². The molecule has 0 fully saturated rings. The summed E-state index contributed by atoms with van der Waals surface area (Å²) in [4.78, 5) is 17.5. The number of carbonyl (C=O) groups excluding carboxylic acids is 1. The lowest BCUT2D eigenvalue weighted by molar-refractivity contribution is -0.132. The Morgan fingerprint density at radius 2 is 1.50 bits per heavy atom. The fourth-order valence-corrected chi connectivity index (χ4v) is 4.24. The predicted octanol–water partition coefficient (Wildman–Crippen LogP) is 6.15. The third-order valence-corrected chi connectivity index (χ3v) is 6.23. The molecule has 40 heavy (non-hydrogen) atoms. The first-order valence-electron chi connectivity index (χ1n) is 12.4. The fraction of sp³-hybridized carbons (Fsp3) is 0.0323. The first-order valence-corrected chi connectivity index (χ1v) is 12.4. The lowest BCUT2D eigenvalue weighted by Crippen LogP contribution is -2.26. The maximum atomic E-state index is 13.8. The second-order valence-corrected chi connectivity index (χ2v) is 8.90. The summed E-state index contributed by atoms with van der Waals surface area (Å²) in [5.74, 6) is -0.980. The van der Waals surface area contributed by atoms with E-state index in [0.717, 1.165) is 5.69 Å². The van der Waals surface area contributed by atoms with E-state index < -0.39 is 12.1 Å². The number of halogens is 2. The number of amides is 1. The van der Waals surface area contributed by atoms with Crippen molar-refractivity contribution >= 4 is 17.9 Å². The summed E-state index contributed by atoms with van der Waals surface area (Å²) >= 11 is 0. The van der Waals surface area contributed by atoms with Gasteiger partial charge in [-0.3, -0.25) is 9.78 Å². The molecule has 2 aromatic heterocycles. The Balaban J connectivity index is 1.43. The zero-order valence-corrected chi connectivity index (χ0v) is 20.9. The van der Waals surface area contributed by atoms with Crippen LogP contribution in [0.5, 0.6) is 0 Å². The highest BCUT2D eigenvalue weighted by atomic mass is 19.1. The van der Waals surface area contributed by atoms with E-state index in [-0.39, 0.29) is 17.5 Å². The monoisotopic (exact) mass is 533 g/mol. The number of pyridine rings is 1. The highest BCUT2D eigenvalue weighted by Crippen LogP contribution is 2.37. The van der Waals surface area contributed by atoms with Gasteiger partial charge in [0, 0.05) is 35.8 Å². The van der Waals surface area contributed by atoms with Crippen LogP contribution >= 0.6 is 0 Å². The number of aromatic nitrogens is 3. The van der Waals surface area contributed by atoms with Crippen molar-refractivity contribution < 1.29 is 18.3 Å². The fourth-order valence-electron chi connectivity index (χ4n) is 4.24. The smallest absolute Gasteiger partial charge is 0.270 e. The minimum absolute atomic E-state index is 0.230. The topological polar surface area (TPSA) is 72.6 Å². The number of benzene rings is 3. The van der Waals surface area contributed by atoms with Crippen molar-refractivity contribution in [3.8, 4) is 16.9 Å². The largest absolute Gasteiger partial charge is 0.445 e. The van der Waals surface area contributed by atoms with Gasteiger partial charge in [-0.1, -0.05) is 30.3 Å². The van der Waals surface area contributed by atoms with E-state index >= 15 is 0 Å². The van der Waals surface area contributed by atoms with Crippen LogP contribution in [-0.2, 0) is 9.53 Å². The molecular weight excluding hydrogens is 512 g/mol. The van der Waals surface area contributed by atoms with Crippen molar-refractivity contribution in [3.05, 3.63) is 144 Å². The van der Waals surface area contributed by atoms with Crippen LogP contribution in [0.4, 0.5) is 8.78 Å². The molecule has 0 N–H and O–H groups in total. The molecular formula is C31H21F2N5O2. The van der Waals surface area contributed by atoms with Crippen LogP contribution in [0.1, 0.15) is 22.9 Å². The molecule has 5 aromatic rings. The SMILES string of the molecule is O=C(/C=C/c1ccc(F)cc1)N1N=C(c2ccncc2)OC1c1cn(-c2ccccc2)nc1-c1ccc(F)cc1. The van der Waals surface area contributed by atoms with Gasteiger partial charge in [0.2, 0.25) is 12.1 Å². The average Bonchev–Trinajstić information content (AvgIpc) is 3.64. The first-order chi connectivity index (χ1) is 19.5. The average molecular weight is 534 g/mol. The molecule has 9 heteroatoms. The molecule has 1 amide bonds. The van der Waals surface area contributed by atoms with Gasteiger partial charge in [-0.2, -0.15) is 10.1 Å². The number of hydrogen-bond donors (Lipinski definition) is 0. The predicted molar refractivity (Wildman–Crippen MR) is 146 cm³/mol. The Morgan fingerprint density at radius 1 is 0.825 bits per heavy atom. The molecule has 3 aromatic carbocycles. The normalized spacial score (nSPS) is 14.8. The van der Waals surface area contributed by atoms with Gasteiger partial charge < -0.3 is 4.74 Å². The van der Waals surface area contributed by atoms with Gasteiger partial charge in [0.15, 0.2) is 0 Å². The second-order valence-electron chi connectivity index (χ2n) is 8.90. The Labute approximate surface area is 228 Å². The van der Waals surface area contributed by atoms with Gasteiger partial charge in [0.05, 0.1) is 11.3 Å². The van der Waals surface area contributed by atoms with Crippen LogP contribution < -0.4 is 0 Å². The summed E-state index contributed by atoms with van der Waals surface area (Å²) in [7, 11) is 0. The Hall–Kier alpha value is -5.44. The quantitative estimate of drug-likeness (QED) is 0.246. The Morgan fingerprint density at radius 3 is 2.20 bits per heavy atom. The molecule has 6 rings (SSSR count). The maximum absolute atomic E-state index is 13.8. The van der Waals surface area contributed by atoms with Crippen molar-refractivity contribution in [2.45, 2.75) is 6.23 Å². The van der Waals surface area contributed by atoms with Gasteiger partial charge in [-0.05, 0) is 72.3 Å². The summed E-state index contributed by atoms with van der Waals surface area (Å²) in [5, 5.41) is 10.5. The van der Waals surface area contributed by atoms with Gasteiger partial charge in [0.25, 0.3) is 5.91 Å². The van der Waals surface area contributed by atoms with E-state index in [1.807, 2.05) is 30.3 Å².